The molecule has 0 radical (unpaired) electrons. The smallest absolute Gasteiger partial charge is 0.263 e. The highest BCUT2D eigenvalue weighted by Crippen LogP contribution is 2.32. The van der Waals surface area contributed by atoms with Crippen LogP contribution in [0.2, 0.25) is 0 Å². The predicted octanol–water partition coefficient (Wildman–Crippen LogP) is 4.08. The average Bonchev–Trinajstić information content (AvgIpc) is 3.22. The number of aromatic nitrogens is 2. The normalized spacial score (nSPS) is 11.1. The maximum absolute atomic E-state index is 13.5. The van der Waals surface area contributed by atoms with Crippen LogP contribution in [0.4, 0.5) is 0 Å². The molecule has 1 aromatic carbocycles. The van der Waals surface area contributed by atoms with Gasteiger partial charge in [-0.05, 0) is 33.3 Å². The van der Waals surface area contributed by atoms with Crippen LogP contribution < -0.4 is 10.9 Å². The molecule has 7 nitrogen and oxygen atoms in total. The van der Waals surface area contributed by atoms with Crippen LogP contribution in [0.15, 0.2) is 52.3 Å². The minimum Gasteiger partial charge on any atom is -0.352 e. The third-order valence-electron chi connectivity index (χ3n) is 5.18. The van der Waals surface area contributed by atoms with Gasteiger partial charge in [0.15, 0.2) is 5.16 Å². The Morgan fingerprint density at radius 3 is 2.62 bits per heavy atom. The second-order valence-corrected chi connectivity index (χ2v) is 10.0. The number of nitrogens with one attached hydrogen (secondary N) is 1. The van der Waals surface area contributed by atoms with E-state index in [1.165, 1.54) is 28.0 Å². The maximum atomic E-state index is 13.5. The van der Waals surface area contributed by atoms with Crippen LogP contribution in [0.25, 0.3) is 21.3 Å². The number of aryl methyl sites for hydroxylation is 1. The lowest BCUT2D eigenvalue weighted by molar-refractivity contribution is -0.134. The Morgan fingerprint density at radius 1 is 1.29 bits per heavy atom. The predicted molar refractivity (Wildman–Crippen MR) is 141 cm³/mol. The van der Waals surface area contributed by atoms with Gasteiger partial charge in [-0.3, -0.25) is 19.0 Å². The van der Waals surface area contributed by atoms with Crippen molar-refractivity contribution in [2.75, 3.05) is 18.8 Å². The number of thiophene rings is 1. The van der Waals surface area contributed by atoms with Gasteiger partial charge < -0.3 is 10.2 Å². The van der Waals surface area contributed by atoms with Gasteiger partial charge in [-0.25, -0.2) is 4.98 Å². The van der Waals surface area contributed by atoms with E-state index in [4.69, 9.17) is 4.98 Å². The molecule has 9 heteroatoms. The number of amides is 2. The Kier molecular flexibility index (Phi) is 8.68. The molecule has 0 aliphatic heterocycles. The van der Waals surface area contributed by atoms with Crippen LogP contribution >= 0.6 is 23.1 Å². The number of carbonyl (C=O) groups is 2. The lowest BCUT2D eigenvalue weighted by Crippen LogP contribution is -2.43. The Hall–Kier alpha value is -2.91. The zero-order valence-electron chi connectivity index (χ0n) is 20.0. The number of thioether (sulfide) groups is 1. The summed E-state index contributed by atoms with van der Waals surface area (Å²) in [5, 5.41) is 5.79. The topological polar surface area (TPSA) is 84.3 Å². The zero-order chi connectivity index (χ0) is 24.8. The second kappa shape index (κ2) is 11.5. The standard InChI is InChI=1S/C25H30N4O3S2/c1-6-12-29-24(32)22-19(18-10-8-17(5)9-11-18)14-33-23(22)27-25(29)34-15-21(31)28(7-2)13-20(30)26-16(3)4/h6,8-11,14,16H,1,7,12-13,15H2,2-5H3,(H,26,30). The molecule has 0 aliphatic carbocycles. The van der Waals surface area contributed by atoms with E-state index in [0.29, 0.717) is 21.9 Å². The van der Waals surface area contributed by atoms with Gasteiger partial charge in [0.2, 0.25) is 11.8 Å². The summed E-state index contributed by atoms with van der Waals surface area (Å²) < 4.78 is 1.56. The first-order valence-corrected chi connectivity index (χ1v) is 13.0. The van der Waals surface area contributed by atoms with Crippen LogP contribution in [0.3, 0.4) is 0 Å². The molecule has 2 heterocycles. The highest BCUT2D eigenvalue weighted by atomic mass is 32.2. The van der Waals surface area contributed by atoms with Gasteiger partial charge in [0, 0.05) is 30.1 Å². The number of carbonyl (C=O) groups excluding carboxylic acids is 2. The third-order valence-corrected chi connectivity index (χ3v) is 7.01. The van der Waals surface area contributed by atoms with E-state index in [1.807, 2.05) is 57.3 Å². The van der Waals surface area contributed by atoms with Crippen molar-refractivity contribution in [2.45, 2.75) is 45.4 Å². The van der Waals surface area contributed by atoms with Crippen molar-refractivity contribution < 1.29 is 9.59 Å². The summed E-state index contributed by atoms with van der Waals surface area (Å²) in [5.41, 5.74) is 2.82. The number of allylic oxidation sites excluding steroid dienone is 1. The summed E-state index contributed by atoms with van der Waals surface area (Å²) in [6, 6.07) is 8.06. The van der Waals surface area contributed by atoms with Crippen LogP contribution in [-0.2, 0) is 16.1 Å². The molecule has 2 aromatic heterocycles. The number of hydrogen-bond donors (Lipinski definition) is 1. The van der Waals surface area contributed by atoms with E-state index >= 15 is 0 Å². The molecule has 2 amide bonds. The molecule has 0 spiro atoms. The zero-order valence-corrected chi connectivity index (χ0v) is 21.6. The fourth-order valence-electron chi connectivity index (χ4n) is 3.49. The first-order chi connectivity index (χ1) is 16.2. The van der Waals surface area contributed by atoms with E-state index in [0.717, 1.165) is 16.7 Å². The molecule has 34 heavy (non-hydrogen) atoms. The van der Waals surface area contributed by atoms with Gasteiger partial charge in [-0.2, -0.15) is 0 Å². The average molecular weight is 499 g/mol. The minimum absolute atomic E-state index is 0.00480. The van der Waals surface area contributed by atoms with Crippen LogP contribution in [0, 0.1) is 6.92 Å². The molecule has 3 aromatic rings. The van der Waals surface area contributed by atoms with Crippen molar-refractivity contribution in [1.82, 2.24) is 19.8 Å². The van der Waals surface area contributed by atoms with E-state index in [-0.39, 0.29) is 42.3 Å². The summed E-state index contributed by atoms with van der Waals surface area (Å²) in [5.74, 6) is -0.299. The number of likely N-dealkylation sites (N-methyl/N-ethyl adjacent to an activating group) is 1. The molecule has 0 atom stereocenters. The Morgan fingerprint density at radius 2 is 2.00 bits per heavy atom. The summed E-state index contributed by atoms with van der Waals surface area (Å²) >= 11 is 2.62. The maximum Gasteiger partial charge on any atom is 0.263 e. The monoisotopic (exact) mass is 498 g/mol. The first-order valence-electron chi connectivity index (χ1n) is 11.1. The van der Waals surface area contributed by atoms with Gasteiger partial charge in [0.1, 0.15) is 4.83 Å². The number of rotatable bonds is 10. The first kappa shape index (κ1) is 25.7. The van der Waals surface area contributed by atoms with Crippen molar-refractivity contribution in [1.29, 1.82) is 0 Å². The fourth-order valence-corrected chi connectivity index (χ4v) is 5.39. The molecule has 0 saturated carbocycles. The molecule has 0 aliphatic rings. The number of nitrogens with zero attached hydrogens (tertiary/aromatic N) is 3. The number of fused-ring (bicyclic) bond motifs is 1. The van der Waals surface area contributed by atoms with Crippen molar-refractivity contribution in [3.63, 3.8) is 0 Å². The minimum atomic E-state index is -0.194. The molecule has 180 valence electrons. The van der Waals surface area contributed by atoms with E-state index in [9.17, 15) is 14.4 Å². The van der Waals surface area contributed by atoms with Crippen molar-refractivity contribution in [2.24, 2.45) is 0 Å². The Balaban J connectivity index is 1.87. The van der Waals surface area contributed by atoms with E-state index < -0.39 is 0 Å². The molecular formula is C25H30N4O3S2. The summed E-state index contributed by atoms with van der Waals surface area (Å²) in [6.45, 7) is 12.1. The van der Waals surface area contributed by atoms with Crippen molar-refractivity contribution >= 4 is 45.1 Å². The molecule has 0 fully saturated rings. The third kappa shape index (κ3) is 5.95. The number of benzene rings is 1. The van der Waals surface area contributed by atoms with Gasteiger partial charge in [0.05, 0.1) is 17.7 Å². The quantitative estimate of drug-likeness (QED) is 0.259. The van der Waals surface area contributed by atoms with Crippen LogP contribution in [-0.4, -0.2) is 51.1 Å². The van der Waals surface area contributed by atoms with Gasteiger partial charge in [-0.1, -0.05) is 47.7 Å². The SMILES string of the molecule is C=CCn1c(SCC(=O)N(CC)CC(=O)NC(C)C)nc2scc(-c3ccc(C)cc3)c2c1=O. The second-order valence-electron chi connectivity index (χ2n) is 8.21. The summed E-state index contributed by atoms with van der Waals surface area (Å²) in [4.78, 5) is 45.2. The van der Waals surface area contributed by atoms with Crippen molar-refractivity contribution in [3.05, 3.63) is 58.2 Å². The van der Waals surface area contributed by atoms with Gasteiger partial charge >= 0.3 is 0 Å². The summed E-state index contributed by atoms with van der Waals surface area (Å²) in [7, 11) is 0. The van der Waals surface area contributed by atoms with Gasteiger partial charge in [0.25, 0.3) is 5.56 Å². The number of hydrogen-bond acceptors (Lipinski definition) is 6. The van der Waals surface area contributed by atoms with Crippen LogP contribution in [0.5, 0.6) is 0 Å². The summed E-state index contributed by atoms with van der Waals surface area (Å²) in [6.07, 6.45) is 1.65. The van der Waals surface area contributed by atoms with E-state index in [2.05, 4.69) is 11.9 Å². The highest BCUT2D eigenvalue weighted by Gasteiger charge is 2.20. The lowest BCUT2D eigenvalue weighted by Gasteiger charge is -2.21. The molecular weight excluding hydrogens is 468 g/mol. The van der Waals surface area contributed by atoms with Crippen molar-refractivity contribution in [3.8, 4) is 11.1 Å². The fraction of sp³-hybridized carbons (Fsp3) is 0.360. The molecule has 3 rings (SSSR count). The Bertz CT molecular complexity index is 1250. The highest BCUT2D eigenvalue weighted by molar-refractivity contribution is 7.99. The van der Waals surface area contributed by atoms with E-state index in [1.54, 1.807) is 10.6 Å². The van der Waals surface area contributed by atoms with Crippen LogP contribution in [0.1, 0.15) is 26.3 Å². The molecule has 0 saturated heterocycles. The van der Waals surface area contributed by atoms with Gasteiger partial charge in [-0.15, -0.1) is 17.9 Å². The largest absolute Gasteiger partial charge is 0.352 e. The molecule has 1 N–H and O–H groups in total. The molecule has 0 bridgehead atoms. The molecule has 0 unspecified atom stereocenters. The Labute approximate surface area is 207 Å². The lowest BCUT2D eigenvalue weighted by atomic mass is 10.1.